The van der Waals surface area contributed by atoms with Crippen molar-refractivity contribution in [3.63, 3.8) is 0 Å². The van der Waals surface area contributed by atoms with Gasteiger partial charge in [-0.1, -0.05) is 24.3 Å². The number of hydrogen-bond acceptors (Lipinski definition) is 6. The molecule has 7 nitrogen and oxygen atoms in total. The lowest BCUT2D eigenvalue weighted by molar-refractivity contribution is 0.0841. The van der Waals surface area contributed by atoms with E-state index in [1.54, 1.807) is 0 Å². The summed E-state index contributed by atoms with van der Waals surface area (Å²) >= 11 is 0. The van der Waals surface area contributed by atoms with E-state index in [1.165, 1.54) is 17.3 Å². The second-order valence-corrected chi connectivity index (χ2v) is 8.67. The lowest BCUT2D eigenvalue weighted by atomic mass is 10.00. The van der Waals surface area contributed by atoms with Crippen molar-refractivity contribution >= 4 is 5.91 Å². The standard InChI is InChI=1S/C23H31N5O2/c1-27-8-6-17(14-27)10-21-11-20(12-25-26-21)23(30)24-13-22(29)16-28-9-7-18-4-2-3-5-19(18)15-28/h2-5,11-12,17,22,29H,6-10,13-16H2,1H3,(H,24,30)/t17?,22-/m0/s1. The molecule has 0 saturated carbocycles. The van der Waals surface area contributed by atoms with Crippen LogP contribution in [-0.2, 0) is 19.4 Å². The van der Waals surface area contributed by atoms with E-state index < -0.39 is 6.10 Å². The Labute approximate surface area is 178 Å². The summed E-state index contributed by atoms with van der Waals surface area (Å²) in [5.41, 5.74) is 4.08. The highest BCUT2D eigenvalue weighted by Gasteiger charge is 2.21. The van der Waals surface area contributed by atoms with Crippen molar-refractivity contribution in [1.82, 2.24) is 25.3 Å². The van der Waals surface area contributed by atoms with Crippen LogP contribution in [-0.4, -0.2) is 76.9 Å². The summed E-state index contributed by atoms with van der Waals surface area (Å²) in [6.07, 6.45) is 3.88. The zero-order chi connectivity index (χ0) is 20.9. The number of rotatable bonds is 7. The average molecular weight is 410 g/mol. The van der Waals surface area contributed by atoms with Gasteiger partial charge in [-0.15, -0.1) is 0 Å². The minimum atomic E-state index is -0.609. The van der Waals surface area contributed by atoms with E-state index in [-0.39, 0.29) is 12.5 Å². The third kappa shape index (κ3) is 5.41. The first-order valence-corrected chi connectivity index (χ1v) is 10.8. The van der Waals surface area contributed by atoms with Crippen molar-refractivity contribution in [2.45, 2.75) is 31.9 Å². The summed E-state index contributed by atoms with van der Waals surface area (Å²) in [5.74, 6) is 0.358. The van der Waals surface area contributed by atoms with E-state index in [4.69, 9.17) is 0 Å². The fourth-order valence-corrected chi connectivity index (χ4v) is 4.51. The second-order valence-electron chi connectivity index (χ2n) is 8.67. The predicted molar refractivity (Wildman–Crippen MR) is 115 cm³/mol. The average Bonchev–Trinajstić information content (AvgIpc) is 3.16. The van der Waals surface area contributed by atoms with Crippen LogP contribution < -0.4 is 5.32 Å². The SMILES string of the molecule is CN1CCC(Cc2cc(C(=O)NC[C@H](O)CN3CCc4ccccc4C3)cnn2)C1. The van der Waals surface area contributed by atoms with E-state index in [2.05, 4.69) is 56.6 Å². The lowest BCUT2D eigenvalue weighted by Gasteiger charge is -2.30. The van der Waals surface area contributed by atoms with Gasteiger partial charge in [0, 0.05) is 32.7 Å². The van der Waals surface area contributed by atoms with Crippen molar-refractivity contribution in [2.24, 2.45) is 5.92 Å². The van der Waals surface area contributed by atoms with Crippen LogP contribution >= 0.6 is 0 Å². The number of hydrogen-bond donors (Lipinski definition) is 2. The van der Waals surface area contributed by atoms with E-state index in [0.29, 0.717) is 18.0 Å². The third-order valence-electron chi connectivity index (χ3n) is 6.13. The molecule has 2 aliphatic heterocycles. The first kappa shape index (κ1) is 20.9. The van der Waals surface area contributed by atoms with Gasteiger partial charge in [0.1, 0.15) is 0 Å². The molecule has 2 atom stereocenters. The Hall–Kier alpha value is -2.35. The molecule has 1 aromatic carbocycles. The van der Waals surface area contributed by atoms with Gasteiger partial charge in [-0.3, -0.25) is 9.69 Å². The first-order valence-electron chi connectivity index (χ1n) is 10.8. The summed E-state index contributed by atoms with van der Waals surface area (Å²) < 4.78 is 0. The molecule has 0 radical (unpaired) electrons. The number of carbonyl (C=O) groups excluding carboxylic acids is 1. The molecular weight excluding hydrogens is 378 g/mol. The van der Waals surface area contributed by atoms with Gasteiger partial charge in [0.2, 0.25) is 0 Å². The Morgan fingerprint density at radius 1 is 1.30 bits per heavy atom. The molecule has 7 heteroatoms. The molecule has 1 unspecified atom stereocenters. The summed E-state index contributed by atoms with van der Waals surface area (Å²) in [5, 5.41) is 21.5. The van der Waals surface area contributed by atoms with Gasteiger partial charge >= 0.3 is 0 Å². The van der Waals surface area contributed by atoms with Crippen molar-refractivity contribution in [3.05, 3.63) is 58.9 Å². The highest BCUT2D eigenvalue weighted by Crippen LogP contribution is 2.19. The zero-order valence-corrected chi connectivity index (χ0v) is 17.6. The largest absolute Gasteiger partial charge is 0.390 e. The van der Waals surface area contributed by atoms with Crippen LogP contribution in [0.1, 0.15) is 33.6 Å². The van der Waals surface area contributed by atoms with E-state index in [1.807, 2.05) is 6.07 Å². The fraction of sp³-hybridized carbons (Fsp3) is 0.522. The summed E-state index contributed by atoms with van der Waals surface area (Å²) in [7, 11) is 2.13. The highest BCUT2D eigenvalue weighted by molar-refractivity contribution is 5.93. The second kappa shape index (κ2) is 9.64. The van der Waals surface area contributed by atoms with Gasteiger partial charge in [0.15, 0.2) is 0 Å². The molecule has 2 aromatic rings. The van der Waals surface area contributed by atoms with E-state index in [9.17, 15) is 9.90 Å². The number of aromatic nitrogens is 2. The van der Waals surface area contributed by atoms with Crippen LogP contribution in [0.25, 0.3) is 0 Å². The maximum absolute atomic E-state index is 12.5. The summed E-state index contributed by atoms with van der Waals surface area (Å²) in [4.78, 5) is 17.1. The molecule has 4 rings (SSSR count). The minimum Gasteiger partial charge on any atom is -0.390 e. The number of aliphatic hydroxyl groups excluding tert-OH is 1. The molecule has 160 valence electrons. The minimum absolute atomic E-state index is 0.210. The molecule has 0 aliphatic carbocycles. The number of β-amino-alcohol motifs (C(OH)–C–C–N with tert-alkyl or cyclic N) is 1. The molecule has 3 heterocycles. The summed E-state index contributed by atoms with van der Waals surface area (Å²) in [6.45, 7) is 4.71. The smallest absolute Gasteiger partial charge is 0.253 e. The number of nitrogens with zero attached hydrogens (tertiary/aromatic N) is 4. The molecule has 1 amide bonds. The van der Waals surface area contributed by atoms with Crippen LogP contribution in [0.3, 0.4) is 0 Å². The molecule has 1 aromatic heterocycles. The van der Waals surface area contributed by atoms with Gasteiger partial charge in [0.25, 0.3) is 5.91 Å². The number of likely N-dealkylation sites (tertiary alicyclic amines) is 1. The molecule has 2 aliphatic rings. The topological polar surface area (TPSA) is 81.6 Å². The summed E-state index contributed by atoms with van der Waals surface area (Å²) in [6, 6.07) is 10.3. The maximum Gasteiger partial charge on any atom is 0.253 e. The third-order valence-corrected chi connectivity index (χ3v) is 6.13. The van der Waals surface area contributed by atoms with Gasteiger partial charge in [-0.25, -0.2) is 0 Å². The number of carbonyl (C=O) groups is 1. The van der Waals surface area contributed by atoms with Crippen LogP contribution in [0, 0.1) is 5.92 Å². The predicted octanol–water partition coefficient (Wildman–Crippen LogP) is 1.12. The quantitative estimate of drug-likeness (QED) is 0.713. The van der Waals surface area contributed by atoms with Crippen molar-refractivity contribution < 1.29 is 9.90 Å². The van der Waals surface area contributed by atoms with Crippen molar-refractivity contribution in [2.75, 3.05) is 39.8 Å². The van der Waals surface area contributed by atoms with Crippen molar-refractivity contribution in [1.29, 1.82) is 0 Å². The van der Waals surface area contributed by atoms with E-state index >= 15 is 0 Å². The molecular formula is C23H31N5O2. The van der Waals surface area contributed by atoms with Crippen LogP contribution in [0.15, 0.2) is 36.5 Å². The number of amides is 1. The zero-order valence-electron chi connectivity index (χ0n) is 17.6. The number of aliphatic hydroxyl groups is 1. The number of benzene rings is 1. The molecule has 0 spiro atoms. The van der Waals surface area contributed by atoms with Gasteiger partial charge in [0.05, 0.1) is 23.6 Å². The highest BCUT2D eigenvalue weighted by atomic mass is 16.3. The van der Waals surface area contributed by atoms with Gasteiger partial charge < -0.3 is 15.3 Å². The van der Waals surface area contributed by atoms with E-state index in [0.717, 1.165) is 51.1 Å². The van der Waals surface area contributed by atoms with Gasteiger partial charge in [-0.05, 0) is 56.0 Å². The Kier molecular flexibility index (Phi) is 6.72. The number of nitrogens with one attached hydrogen (secondary N) is 1. The van der Waals surface area contributed by atoms with Crippen LogP contribution in [0.5, 0.6) is 0 Å². The monoisotopic (exact) mass is 409 g/mol. The Balaban J connectivity index is 1.25. The molecule has 1 saturated heterocycles. The maximum atomic E-state index is 12.5. The normalized spacial score (nSPS) is 20.7. The van der Waals surface area contributed by atoms with Crippen LogP contribution in [0.4, 0.5) is 0 Å². The fourth-order valence-electron chi connectivity index (χ4n) is 4.51. The van der Waals surface area contributed by atoms with Crippen molar-refractivity contribution in [3.8, 4) is 0 Å². The first-order chi connectivity index (χ1) is 14.6. The Bertz CT molecular complexity index is 874. The molecule has 2 N–H and O–H groups in total. The Morgan fingerprint density at radius 3 is 2.93 bits per heavy atom. The van der Waals surface area contributed by atoms with Gasteiger partial charge in [-0.2, -0.15) is 10.2 Å². The molecule has 30 heavy (non-hydrogen) atoms. The van der Waals surface area contributed by atoms with Crippen LogP contribution in [0.2, 0.25) is 0 Å². The lowest BCUT2D eigenvalue weighted by Crippen LogP contribution is -2.42. The Morgan fingerprint density at radius 2 is 2.13 bits per heavy atom. The molecule has 0 bridgehead atoms. The molecule has 1 fully saturated rings. The number of fused-ring (bicyclic) bond motifs is 1.